The molecule has 0 heterocycles. The Bertz CT molecular complexity index is 245. The first-order valence-corrected chi connectivity index (χ1v) is 7.04. The third-order valence-corrected chi connectivity index (χ3v) is 2.13. The van der Waals surface area contributed by atoms with Crippen molar-refractivity contribution in [1.82, 2.24) is 26.6 Å². The second-order valence-corrected chi connectivity index (χ2v) is 5.39. The van der Waals surface area contributed by atoms with E-state index in [1.54, 1.807) is 5.12 Å². The molecule has 0 aromatic carbocycles. The Morgan fingerprint density at radius 3 is 1.75 bits per heavy atom. The van der Waals surface area contributed by atoms with Crippen molar-refractivity contribution in [3.63, 3.8) is 0 Å². The fourth-order valence-corrected chi connectivity index (χ4v) is 1.52. The molecule has 0 amide bonds. The first-order chi connectivity index (χ1) is 8.56. The predicted molar refractivity (Wildman–Crippen MR) is 87.7 cm³/mol. The van der Waals surface area contributed by atoms with E-state index in [9.17, 15) is 0 Å². The van der Waals surface area contributed by atoms with Crippen molar-refractivity contribution >= 4 is 58.3 Å². The number of hydrogen-bond acceptors (Lipinski definition) is 8. The van der Waals surface area contributed by atoms with Crippen LogP contribution in [0.25, 0.3) is 0 Å². The monoisotopic (exact) mass is 372 g/mol. The standard InChI is InChI=1S/C8H20N6S4.2Na/c9-1-2-10-3-4-11-5-6-14(12-7(15)16)13-8(17)18;;/h10-11H,1-6,9H2,(H2,12,15,16)(H2,13,17,18);;/q;2*+1/p-2. The van der Waals surface area contributed by atoms with Crippen molar-refractivity contribution in [3.8, 4) is 0 Å². The Labute approximate surface area is 186 Å². The van der Waals surface area contributed by atoms with Crippen LogP contribution in [0.2, 0.25) is 0 Å². The van der Waals surface area contributed by atoms with E-state index in [-0.39, 0.29) is 67.8 Å². The number of nitrogens with two attached hydrogens (primary N) is 1. The van der Waals surface area contributed by atoms with Crippen LogP contribution in [0, 0.1) is 0 Å². The number of hydrogen-bond donors (Lipinski definition) is 5. The molecule has 0 fully saturated rings. The van der Waals surface area contributed by atoms with Crippen LogP contribution in [0.3, 0.4) is 0 Å². The fourth-order valence-electron chi connectivity index (χ4n) is 1.08. The van der Waals surface area contributed by atoms with Gasteiger partial charge in [0.15, 0.2) is 0 Å². The summed E-state index contributed by atoms with van der Waals surface area (Å²) in [5, 5.41) is 8.00. The van der Waals surface area contributed by atoms with Gasteiger partial charge >= 0.3 is 59.1 Å². The molecular formula is C8H18N6Na2S4. The van der Waals surface area contributed by atoms with Crippen molar-refractivity contribution in [2.75, 3.05) is 39.3 Å². The molecule has 0 rings (SSSR count). The number of nitrogens with zero attached hydrogens (tertiary/aromatic N) is 1. The van der Waals surface area contributed by atoms with Gasteiger partial charge in [0.05, 0.1) is 6.54 Å². The topological polar surface area (TPSA) is 77.4 Å². The minimum absolute atomic E-state index is 0. The Hall–Kier alpha value is 2.06. The summed E-state index contributed by atoms with van der Waals surface area (Å²) >= 11 is 19.1. The van der Waals surface area contributed by atoms with Crippen molar-refractivity contribution in [3.05, 3.63) is 0 Å². The van der Waals surface area contributed by atoms with Crippen molar-refractivity contribution in [2.45, 2.75) is 0 Å². The van der Waals surface area contributed by atoms with E-state index in [1.807, 2.05) is 0 Å². The maximum Gasteiger partial charge on any atom is 1.00 e. The van der Waals surface area contributed by atoms with Gasteiger partial charge in [0.1, 0.15) is 0 Å². The zero-order chi connectivity index (χ0) is 13.8. The zero-order valence-electron chi connectivity index (χ0n) is 11.9. The number of thiocarbonyl (C=S) groups is 2. The molecule has 20 heavy (non-hydrogen) atoms. The summed E-state index contributed by atoms with van der Waals surface area (Å²) in [6, 6.07) is 0. The minimum Gasteiger partial charge on any atom is -0.410 e. The molecule has 0 aliphatic rings. The fraction of sp³-hybridized carbons (Fsp3) is 0.750. The molecule has 0 aromatic heterocycles. The van der Waals surface area contributed by atoms with Gasteiger partial charge in [-0.3, -0.25) is 0 Å². The van der Waals surface area contributed by atoms with E-state index in [0.717, 1.165) is 26.2 Å². The van der Waals surface area contributed by atoms with Gasteiger partial charge in [0.2, 0.25) is 0 Å². The molecule has 0 aliphatic carbocycles. The summed E-state index contributed by atoms with van der Waals surface area (Å²) < 4.78 is 0.469. The van der Waals surface area contributed by atoms with E-state index in [0.29, 0.717) is 13.1 Å². The first-order valence-electron chi connectivity index (χ1n) is 5.40. The molecule has 12 heteroatoms. The molecule has 0 spiro atoms. The van der Waals surface area contributed by atoms with Crippen LogP contribution in [0.4, 0.5) is 0 Å². The maximum atomic E-state index is 5.35. The Balaban J connectivity index is -0.00000144. The third kappa shape index (κ3) is 20.1. The summed E-state index contributed by atoms with van der Waals surface area (Å²) in [7, 11) is 0. The molecule has 0 saturated heterocycles. The van der Waals surface area contributed by atoms with E-state index in [4.69, 9.17) is 55.4 Å². The third-order valence-electron chi connectivity index (χ3n) is 1.76. The van der Waals surface area contributed by atoms with Crippen LogP contribution in [0.5, 0.6) is 0 Å². The molecule has 0 radical (unpaired) electrons. The van der Waals surface area contributed by atoms with Gasteiger partial charge in [0.25, 0.3) is 0 Å². The van der Waals surface area contributed by atoms with E-state index in [2.05, 4.69) is 21.5 Å². The largest absolute Gasteiger partial charge is 1.00 e. The average Bonchev–Trinajstić information content (AvgIpc) is 2.26. The van der Waals surface area contributed by atoms with Crippen LogP contribution >= 0.6 is 24.4 Å². The van der Waals surface area contributed by atoms with Gasteiger partial charge in [0, 0.05) is 32.7 Å². The Kier molecular flexibility index (Phi) is 25.7. The first kappa shape index (κ1) is 26.9. The number of hydrazine groups is 2. The van der Waals surface area contributed by atoms with Gasteiger partial charge in [-0.25, -0.2) is 0 Å². The Morgan fingerprint density at radius 2 is 1.35 bits per heavy atom. The van der Waals surface area contributed by atoms with Gasteiger partial charge in [-0.1, -0.05) is 0 Å². The summed E-state index contributed by atoms with van der Waals surface area (Å²) in [5.74, 6) is 0. The van der Waals surface area contributed by atoms with Crippen molar-refractivity contribution < 1.29 is 59.1 Å². The normalized spacial score (nSPS) is 9.30. The van der Waals surface area contributed by atoms with Crippen LogP contribution in [-0.2, 0) is 25.3 Å². The molecule has 6 N–H and O–H groups in total. The average molecular weight is 373 g/mol. The van der Waals surface area contributed by atoms with Gasteiger partial charge in [-0.15, -0.1) is 5.12 Å². The minimum atomic E-state index is 0. The van der Waals surface area contributed by atoms with Gasteiger partial charge < -0.3 is 76.9 Å². The number of nitrogens with one attached hydrogen (secondary N) is 4. The maximum absolute atomic E-state index is 5.35. The van der Waals surface area contributed by atoms with Crippen LogP contribution in [0.15, 0.2) is 0 Å². The van der Waals surface area contributed by atoms with Crippen molar-refractivity contribution in [1.29, 1.82) is 0 Å². The van der Waals surface area contributed by atoms with E-state index >= 15 is 0 Å². The molecule has 0 aliphatic heterocycles. The molecule has 106 valence electrons. The second-order valence-electron chi connectivity index (χ2n) is 3.24. The SMILES string of the molecule is NCCNCCNCCN(NC(=S)[S-])NC(=S)[S-].[Na+].[Na+]. The molecule has 0 aromatic rings. The summed E-state index contributed by atoms with van der Waals surface area (Å²) in [4.78, 5) is 0. The van der Waals surface area contributed by atoms with E-state index in [1.165, 1.54) is 0 Å². The van der Waals surface area contributed by atoms with Crippen LogP contribution in [0.1, 0.15) is 0 Å². The molecule has 6 nitrogen and oxygen atoms in total. The van der Waals surface area contributed by atoms with Crippen molar-refractivity contribution in [2.24, 2.45) is 5.73 Å². The molecular weight excluding hydrogens is 354 g/mol. The molecule has 0 atom stereocenters. The second kappa shape index (κ2) is 19.1. The van der Waals surface area contributed by atoms with Crippen LogP contribution in [-0.4, -0.2) is 53.0 Å². The number of rotatable bonds is 10. The zero-order valence-corrected chi connectivity index (χ0v) is 19.2. The smallest absolute Gasteiger partial charge is 0.410 e. The Morgan fingerprint density at radius 1 is 0.900 bits per heavy atom. The molecule has 0 saturated carbocycles. The molecule has 0 bridgehead atoms. The molecule has 0 unspecified atom stereocenters. The summed E-state index contributed by atoms with van der Waals surface area (Å²) in [6.45, 7) is 4.55. The quantitative estimate of drug-likeness (QED) is 0.0839. The summed E-state index contributed by atoms with van der Waals surface area (Å²) in [6.07, 6.45) is 0. The summed E-state index contributed by atoms with van der Waals surface area (Å²) in [5.41, 5.74) is 10.9. The van der Waals surface area contributed by atoms with Gasteiger partial charge in [-0.2, -0.15) is 0 Å². The van der Waals surface area contributed by atoms with Crippen LogP contribution < -0.4 is 86.3 Å². The predicted octanol–water partition coefficient (Wildman–Crippen LogP) is -7.89. The van der Waals surface area contributed by atoms with E-state index < -0.39 is 0 Å². The van der Waals surface area contributed by atoms with Gasteiger partial charge in [-0.05, 0) is 8.64 Å².